The predicted molar refractivity (Wildman–Crippen MR) is 120 cm³/mol. The van der Waals surface area contributed by atoms with Crippen molar-refractivity contribution in [2.75, 3.05) is 19.6 Å². The van der Waals surface area contributed by atoms with Crippen LogP contribution in [0.4, 0.5) is 9.18 Å². The number of amides is 1. The van der Waals surface area contributed by atoms with E-state index in [9.17, 15) is 9.18 Å². The van der Waals surface area contributed by atoms with E-state index in [4.69, 9.17) is 16.3 Å². The highest BCUT2D eigenvalue weighted by atomic mass is 35.5. The molecule has 3 fully saturated rings. The quantitative estimate of drug-likeness (QED) is 0.673. The first-order valence-corrected chi connectivity index (χ1v) is 11.5. The number of ether oxygens (including phenoxy) is 1. The molecule has 1 amide bonds. The van der Waals surface area contributed by atoms with E-state index in [0.29, 0.717) is 10.9 Å². The van der Waals surface area contributed by atoms with Gasteiger partial charge in [0.2, 0.25) is 0 Å². The first-order valence-electron chi connectivity index (χ1n) is 11.1. The van der Waals surface area contributed by atoms with Crippen molar-refractivity contribution in [2.24, 2.45) is 11.3 Å². The third-order valence-electron chi connectivity index (χ3n) is 7.24. The standard InChI is InChI=1S/C25H28ClFN2O2/c1-25(2)13-17-11-16(19-6-4-18(27)12-21(19)26)3-5-20(17)23(25)28-24(30)31-22-14-29-9-7-15(22)8-10-29/h3-6,11-12,15,22-23H,7-10,13-14H2,1-2H3,(H,28,30)/t22-,23?/m0/s1. The average Bonchev–Trinajstić information content (AvgIpc) is 2.97. The summed E-state index contributed by atoms with van der Waals surface area (Å²) < 4.78 is 19.3. The molecule has 1 N–H and O–H groups in total. The highest BCUT2D eigenvalue weighted by Crippen LogP contribution is 2.46. The summed E-state index contributed by atoms with van der Waals surface area (Å²) >= 11 is 6.27. The highest BCUT2D eigenvalue weighted by Gasteiger charge is 2.42. The van der Waals surface area contributed by atoms with E-state index in [0.717, 1.165) is 55.6 Å². The number of alkyl carbamates (subject to hydrolysis) is 1. The van der Waals surface area contributed by atoms with Gasteiger partial charge in [-0.05, 0) is 78.6 Å². The van der Waals surface area contributed by atoms with Crippen LogP contribution in [0.5, 0.6) is 0 Å². The van der Waals surface area contributed by atoms with Crippen LogP contribution in [0.2, 0.25) is 5.02 Å². The van der Waals surface area contributed by atoms with E-state index in [-0.39, 0.29) is 29.5 Å². The Bertz CT molecular complexity index is 1020. The molecular formula is C25H28ClFN2O2. The Morgan fingerprint density at radius 1 is 1.19 bits per heavy atom. The number of fused-ring (bicyclic) bond motifs is 4. The normalized spacial score (nSPS) is 28.3. The summed E-state index contributed by atoms with van der Waals surface area (Å²) in [7, 11) is 0. The van der Waals surface area contributed by atoms with Gasteiger partial charge in [-0.1, -0.05) is 43.6 Å². The summed E-state index contributed by atoms with van der Waals surface area (Å²) in [6.45, 7) is 7.42. The van der Waals surface area contributed by atoms with Crippen LogP contribution in [0.1, 0.15) is 43.9 Å². The molecule has 6 rings (SSSR count). The summed E-state index contributed by atoms with van der Waals surface area (Å²) in [5.41, 5.74) is 3.91. The van der Waals surface area contributed by atoms with Crippen molar-refractivity contribution in [3.05, 3.63) is 58.4 Å². The van der Waals surface area contributed by atoms with Crippen LogP contribution in [0.3, 0.4) is 0 Å². The molecule has 2 bridgehead atoms. The lowest BCUT2D eigenvalue weighted by molar-refractivity contribution is -0.0348. The van der Waals surface area contributed by atoms with Crippen molar-refractivity contribution in [2.45, 2.75) is 45.3 Å². The second-order valence-electron chi connectivity index (χ2n) is 9.86. The van der Waals surface area contributed by atoms with Crippen LogP contribution in [0.25, 0.3) is 11.1 Å². The Labute approximate surface area is 187 Å². The Balaban J connectivity index is 1.34. The molecular weight excluding hydrogens is 415 g/mol. The monoisotopic (exact) mass is 442 g/mol. The van der Waals surface area contributed by atoms with Crippen molar-refractivity contribution in [3.8, 4) is 11.1 Å². The largest absolute Gasteiger partial charge is 0.445 e. The molecule has 1 aliphatic carbocycles. The lowest BCUT2D eigenvalue weighted by Crippen LogP contribution is -2.53. The maximum absolute atomic E-state index is 13.4. The SMILES string of the molecule is CC1(C)Cc2cc(-c3ccc(F)cc3Cl)ccc2C1NC(=O)O[C@H]1CN2CCC1CC2. The number of hydrogen-bond donors (Lipinski definition) is 1. The van der Waals surface area contributed by atoms with Crippen LogP contribution in [0.15, 0.2) is 36.4 Å². The number of rotatable bonds is 3. The van der Waals surface area contributed by atoms with Gasteiger partial charge in [-0.25, -0.2) is 9.18 Å². The van der Waals surface area contributed by atoms with Crippen molar-refractivity contribution in [3.63, 3.8) is 0 Å². The van der Waals surface area contributed by atoms with Crippen LogP contribution >= 0.6 is 11.6 Å². The number of nitrogens with zero attached hydrogens (tertiary/aromatic N) is 1. The molecule has 4 aliphatic rings. The topological polar surface area (TPSA) is 41.6 Å². The fraction of sp³-hybridized carbons (Fsp3) is 0.480. The molecule has 31 heavy (non-hydrogen) atoms. The van der Waals surface area contributed by atoms with Gasteiger partial charge in [0.05, 0.1) is 11.1 Å². The first-order chi connectivity index (χ1) is 14.8. The van der Waals surface area contributed by atoms with E-state index >= 15 is 0 Å². The summed E-state index contributed by atoms with van der Waals surface area (Å²) in [4.78, 5) is 15.2. The van der Waals surface area contributed by atoms with Gasteiger partial charge in [-0.2, -0.15) is 0 Å². The maximum Gasteiger partial charge on any atom is 0.407 e. The lowest BCUT2D eigenvalue weighted by atomic mass is 9.85. The molecule has 2 aromatic carbocycles. The van der Waals surface area contributed by atoms with Gasteiger partial charge < -0.3 is 10.1 Å². The number of halogens is 2. The van der Waals surface area contributed by atoms with Gasteiger partial charge in [-0.15, -0.1) is 0 Å². The zero-order chi connectivity index (χ0) is 21.8. The summed E-state index contributed by atoms with van der Waals surface area (Å²) in [6.07, 6.45) is 2.74. The molecule has 2 atom stereocenters. The van der Waals surface area contributed by atoms with E-state index < -0.39 is 0 Å². The number of hydrogen-bond acceptors (Lipinski definition) is 3. The van der Waals surface area contributed by atoms with Gasteiger partial charge in [0, 0.05) is 12.1 Å². The number of benzene rings is 2. The Kier molecular flexibility index (Phi) is 5.22. The van der Waals surface area contributed by atoms with E-state index in [1.54, 1.807) is 6.07 Å². The number of nitrogens with one attached hydrogen (secondary N) is 1. The van der Waals surface area contributed by atoms with Crippen molar-refractivity contribution >= 4 is 17.7 Å². The van der Waals surface area contributed by atoms with Gasteiger partial charge in [-0.3, -0.25) is 4.90 Å². The van der Waals surface area contributed by atoms with Crippen LogP contribution < -0.4 is 5.32 Å². The van der Waals surface area contributed by atoms with E-state index in [1.165, 1.54) is 17.7 Å². The molecule has 0 spiro atoms. The second-order valence-corrected chi connectivity index (χ2v) is 10.3. The Morgan fingerprint density at radius 3 is 2.65 bits per heavy atom. The number of carbonyl (C=O) groups is 1. The second kappa shape index (κ2) is 7.79. The van der Waals surface area contributed by atoms with Crippen molar-refractivity contribution in [1.82, 2.24) is 10.2 Å². The molecule has 3 aliphatic heterocycles. The average molecular weight is 443 g/mol. The highest BCUT2D eigenvalue weighted by molar-refractivity contribution is 6.33. The van der Waals surface area contributed by atoms with Crippen LogP contribution in [-0.4, -0.2) is 36.7 Å². The third-order valence-corrected chi connectivity index (χ3v) is 7.55. The smallest absolute Gasteiger partial charge is 0.407 e. The minimum absolute atomic E-state index is 0.00511. The molecule has 6 heteroatoms. The van der Waals surface area contributed by atoms with E-state index in [1.807, 2.05) is 6.07 Å². The zero-order valence-electron chi connectivity index (χ0n) is 18.0. The molecule has 164 valence electrons. The van der Waals surface area contributed by atoms with E-state index in [2.05, 4.69) is 36.2 Å². The molecule has 1 unspecified atom stereocenters. The molecule has 3 saturated heterocycles. The molecule has 4 nitrogen and oxygen atoms in total. The molecule has 0 saturated carbocycles. The Morgan fingerprint density at radius 2 is 1.97 bits per heavy atom. The summed E-state index contributed by atoms with van der Waals surface area (Å²) in [5, 5.41) is 3.55. The minimum Gasteiger partial charge on any atom is -0.445 e. The molecule has 0 radical (unpaired) electrons. The first kappa shape index (κ1) is 20.8. The van der Waals surface area contributed by atoms with Crippen molar-refractivity contribution in [1.29, 1.82) is 0 Å². The predicted octanol–water partition coefficient (Wildman–Crippen LogP) is 5.59. The molecule has 3 heterocycles. The summed E-state index contributed by atoms with van der Waals surface area (Å²) in [5.74, 6) is 0.143. The lowest BCUT2D eigenvalue weighted by Gasteiger charge is -2.44. The van der Waals surface area contributed by atoms with Crippen molar-refractivity contribution < 1.29 is 13.9 Å². The fourth-order valence-corrected chi connectivity index (χ4v) is 5.83. The van der Waals surface area contributed by atoms with Crippen LogP contribution in [0, 0.1) is 17.2 Å². The fourth-order valence-electron chi connectivity index (χ4n) is 5.55. The zero-order valence-corrected chi connectivity index (χ0v) is 18.7. The van der Waals surface area contributed by atoms with Gasteiger partial charge in [0.25, 0.3) is 0 Å². The third kappa shape index (κ3) is 3.94. The molecule has 2 aromatic rings. The van der Waals surface area contributed by atoms with Crippen LogP contribution in [-0.2, 0) is 11.2 Å². The number of piperidine rings is 3. The molecule has 0 aromatic heterocycles. The maximum atomic E-state index is 13.4. The van der Waals surface area contributed by atoms with Gasteiger partial charge in [0.1, 0.15) is 11.9 Å². The Hall–Kier alpha value is -2.11. The minimum atomic E-state index is -0.346. The van der Waals surface area contributed by atoms with Gasteiger partial charge >= 0.3 is 6.09 Å². The van der Waals surface area contributed by atoms with Gasteiger partial charge in [0.15, 0.2) is 0 Å². The number of carbonyl (C=O) groups excluding carboxylic acids is 1. The summed E-state index contributed by atoms with van der Waals surface area (Å²) in [6, 6.07) is 10.5.